The highest BCUT2D eigenvalue weighted by molar-refractivity contribution is 6.42. The van der Waals surface area contributed by atoms with Gasteiger partial charge in [0, 0.05) is 16.5 Å². The Morgan fingerprint density at radius 3 is 2.48 bits per heavy atom. The molecule has 4 rings (SSSR count). The fourth-order valence-corrected chi connectivity index (χ4v) is 3.20. The van der Waals surface area contributed by atoms with Gasteiger partial charge in [-0.15, -0.1) is 0 Å². The molecule has 0 spiro atoms. The van der Waals surface area contributed by atoms with Gasteiger partial charge in [0.2, 0.25) is 0 Å². The number of halogens is 2. The number of phenols is 1. The largest absolute Gasteiger partial charge is 0.507 e. The average molecular weight is 423 g/mol. The topological polar surface area (TPSA) is 70.4 Å². The van der Waals surface area contributed by atoms with E-state index in [0.717, 1.165) is 16.5 Å². The minimum absolute atomic E-state index is 0.166. The van der Waals surface area contributed by atoms with Crippen molar-refractivity contribution in [1.29, 1.82) is 0 Å². The Morgan fingerprint density at radius 1 is 0.931 bits per heavy atom. The lowest BCUT2D eigenvalue weighted by Gasteiger charge is -2.10. The Bertz CT molecular complexity index is 1240. The summed E-state index contributed by atoms with van der Waals surface area (Å²) in [7, 11) is 0. The Kier molecular flexibility index (Phi) is 5.34. The number of aromatic nitrogens is 2. The molecule has 0 unspecified atom stereocenters. The monoisotopic (exact) mass is 422 g/mol. The first-order valence-corrected chi connectivity index (χ1v) is 9.59. The molecule has 0 aliphatic carbocycles. The Labute approximate surface area is 177 Å². The van der Waals surface area contributed by atoms with Gasteiger partial charge in [0.05, 0.1) is 21.3 Å². The summed E-state index contributed by atoms with van der Waals surface area (Å²) in [5, 5.41) is 16.2. The highest BCUT2D eigenvalue weighted by atomic mass is 35.5. The first kappa shape index (κ1) is 19.2. The van der Waals surface area contributed by atoms with Gasteiger partial charge in [-0.25, -0.2) is 9.97 Å². The summed E-state index contributed by atoms with van der Waals surface area (Å²) in [6, 6.07) is 19.9. The van der Waals surface area contributed by atoms with Crippen molar-refractivity contribution in [2.75, 3.05) is 5.43 Å². The number of nitrogens with zero attached hydrogens (tertiary/aromatic N) is 3. The maximum absolute atomic E-state index is 10.0. The van der Waals surface area contributed by atoms with Gasteiger partial charge in [-0.2, -0.15) is 5.10 Å². The molecule has 0 bridgehead atoms. The molecule has 2 N–H and O–H groups in total. The van der Waals surface area contributed by atoms with E-state index in [1.54, 1.807) is 30.3 Å². The van der Waals surface area contributed by atoms with Crippen LogP contribution in [-0.4, -0.2) is 20.8 Å². The van der Waals surface area contributed by atoms with Crippen LogP contribution in [0.2, 0.25) is 10.0 Å². The second kappa shape index (κ2) is 8.07. The Morgan fingerprint density at radius 2 is 1.69 bits per heavy atom. The van der Waals surface area contributed by atoms with Crippen LogP contribution in [0.3, 0.4) is 0 Å². The Balaban J connectivity index is 1.78. The average Bonchev–Trinajstić information content (AvgIpc) is 2.74. The summed E-state index contributed by atoms with van der Waals surface area (Å²) >= 11 is 12.2. The first-order valence-electron chi connectivity index (χ1n) is 8.84. The summed E-state index contributed by atoms with van der Waals surface area (Å²) in [5.41, 5.74) is 5.79. The van der Waals surface area contributed by atoms with Gasteiger partial charge in [-0.3, -0.25) is 5.43 Å². The predicted octanol–water partition coefficient (Wildman–Crippen LogP) is 6.15. The van der Waals surface area contributed by atoms with Crippen LogP contribution >= 0.6 is 23.2 Å². The molecule has 3 aromatic carbocycles. The zero-order valence-corrected chi connectivity index (χ0v) is 16.9. The van der Waals surface area contributed by atoms with Crippen LogP contribution in [-0.2, 0) is 0 Å². The zero-order valence-electron chi connectivity index (χ0n) is 15.4. The number of hydrogen-bond donors (Lipinski definition) is 2. The standard InChI is InChI=1S/C22H16Cl2N4O/c1-13(15-6-3-5-9-20(15)29)27-28-22-16-7-2-4-8-19(16)25-21(26-22)14-10-11-17(23)18(24)12-14/h2-12,29H,1H3,(H,25,26,28)/b27-13+. The molecule has 1 heterocycles. The van der Waals surface area contributed by atoms with Gasteiger partial charge in [0.25, 0.3) is 0 Å². The quantitative estimate of drug-likeness (QED) is 0.305. The van der Waals surface area contributed by atoms with Crippen LogP contribution in [0.4, 0.5) is 5.82 Å². The fraction of sp³-hybridized carbons (Fsp3) is 0.0455. The molecule has 0 saturated heterocycles. The minimum atomic E-state index is 0.166. The lowest BCUT2D eigenvalue weighted by molar-refractivity contribution is 0.474. The summed E-state index contributed by atoms with van der Waals surface area (Å²) in [6.45, 7) is 1.81. The molecular formula is C22H16Cl2N4O. The number of anilines is 1. The molecule has 0 fully saturated rings. The summed E-state index contributed by atoms with van der Waals surface area (Å²) in [5.74, 6) is 1.21. The minimum Gasteiger partial charge on any atom is -0.507 e. The molecule has 7 heteroatoms. The Hall–Kier alpha value is -3.15. The number of nitrogens with one attached hydrogen (secondary N) is 1. The van der Waals surface area contributed by atoms with E-state index >= 15 is 0 Å². The van der Waals surface area contributed by atoms with Crippen molar-refractivity contribution in [3.8, 4) is 17.1 Å². The number of aromatic hydroxyl groups is 1. The third-order valence-corrected chi connectivity index (χ3v) is 5.14. The van der Waals surface area contributed by atoms with Crippen molar-refractivity contribution < 1.29 is 5.11 Å². The van der Waals surface area contributed by atoms with E-state index in [0.29, 0.717) is 33.0 Å². The predicted molar refractivity (Wildman–Crippen MR) is 119 cm³/mol. The summed E-state index contributed by atoms with van der Waals surface area (Å²) in [4.78, 5) is 9.27. The van der Waals surface area contributed by atoms with Crippen LogP contribution in [0.25, 0.3) is 22.3 Å². The van der Waals surface area contributed by atoms with Crippen molar-refractivity contribution in [2.24, 2.45) is 5.10 Å². The van der Waals surface area contributed by atoms with Crippen LogP contribution < -0.4 is 5.43 Å². The summed E-state index contributed by atoms with van der Waals surface area (Å²) < 4.78 is 0. The highest BCUT2D eigenvalue weighted by Gasteiger charge is 2.11. The zero-order chi connectivity index (χ0) is 20.4. The molecule has 0 aliphatic heterocycles. The second-order valence-electron chi connectivity index (χ2n) is 6.37. The van der Waals surface area contributed by atoms with E-state index in [2.05, 4.69) is 20.5 Å². The molecule has 0 aliphatic rings. The highest BCUT2D eigenvalue weighted by Crippen LogP contribution is 2.29. The molecule has 0 saturated carbocycles. The van der Waals surface area contributed by atoms with Crippen molar-refractivity contribution in [1.82, 2.24) is 9.97 Å². The summed E-state index contributed by atoms with van der Waals surface area (Å²) in [6.07, 6.45) is 0. The third kappa shape index (κ3) is 4.01. The number of phenolic OH excluding ortho intramolecular Hbond substituents is 1. The van der Waals surface area contributed by atoms with E-state index in [1.165, 1.54) is 0 Å². The van der Waals surface area contributed by atoms with E-state index < -0.39 is 0 Å². The van der Waals surface area contributed by atoms with Gasteiger partial charge in [-0.1, -0.05) is 47.5 Å². The van der Waals surface area contributed by atoms with E-state index in [9.17, 15) is 5.11 Å². The van der Waals surface area contributed by atoms with Gasteiger partial charge in [-0.05, 0) is 49.4 Å². The van der Waals surface area contributed by atoms with Crippen LogP contribution in [0.15, 0.2) is 71.8 Å². The smallest absolute Gasteiger partial charge is 0.162 e. The lowest BCUT2D eigenvalue weighted by Crippen LogP contribution is -2.03. The van der Waals surface area contributed by atoms with Crippen LogP contribution in [0.1, 0.15) is 12.5 Å². The second-order valence-corrected chi connectivity index (χ2v) is 7.18. The number of fused-ring (bicyclic) bond motifs is 1. The lowest BCUT2D eigenvalue weighted by atomic mass is 10.1. The van der Waals surface area contributed by atoms with Crippen molar-refractivity contribution in [3.63, 3.8) is 0 Å². The van der Waals surface area contributed by atoms with E-state index in [-0.39, 0.29) is 5.75 Å². The van der Waals surface area contributed by atoms with Gasteiger partial charge in [0.15, 0.2) is 11.6 Å². The number of benzene rings is 3. The first-order chi connectivity index (χ1) is 14.0. The fourth-order valence-electron chi connectivity index (χ4n) is 2.90. The normalized spacial score (nSPS) is 11.6. The van der Waals surface area contributed by atoms with Gasteiger partial charge >= 0.3 is 0 Å². The molecular weight excluding hydrogens is 407 g/mol. The van der Waals surface area contributed by atoms with E-state index in [1.807, 2.05) is 43.3 Å². The van der Waals surface area contributed by atoms with Gasteiger partial charge < -0.3 is 5.11 Å². The van der Waals surface area contributed by atoms with E-state index in [4.69, 9.17) is 23.2 Å². The molecule has 4 aromatic rings. The number of rotatable bonds is 4. The number of hydrazone groups is 1. The molecule has 0 amide bonds. The van der Waals surface area contributed by atoms with Gasteiger partial charge in [0.1, 0.15) is 5.75 Å². The molecule has 29 heavy (non-hydrogen) atoms. The molecule has 5 nitrogen and oxygen atoms in total. The molecule has 0 atom stereocenters. The maximum atomic E-state index is 10.0. The number of para-hydroxylation sites is 2. The van der Waals surface area contributed by atoms with Crippen LogP contribution in [0, 0.1) is 0 Å². The SMILES string of the molecule is C/C(=N\Nc1nc(-c2ccc(Cl)c(Cl)c2)nc2ccccc12)c1ccccc1O. The molecule has 1 aromatic heterocycles. The molecule has 0 radical (unpaired) electrons. The maximum Gasteiger partial charge on any atom is 0.162 e. The molecule has 144 valence electrons. The van der Waals surface area contributed by atoms with Crippen molar-refractivity contribution in [3.05, 3.63) is 82.3 Å². The van der Waals surface area contributed by atoms with Crippen molar-refractivity contribution >= 4 is 45.6 Å². The third-order valence-electron chi connectivity index (χ3n) is 4.40. The number of hydrogen-bond acceptors (Lipinski definition) is 5. The van der Waals surface area contributed by atoms with Crippen LogP contribution in [0.5, 0.6) is 5.75 Å². The van der Waals surface area contributed by atoms with Crippen molar-refractivity contribution in [2.45, 2.75) is 6.92 Å².